The third-order valence-corrected chi connectivity index (χ3v) is 5.18. The lowest BCUT2D eigenvalue weighted by Crippen LogP contribution is -2.26. The summed E-state index contributed by atoms with van der Waals surface area (Å²) in [6.45, 7) is 4.72. The normalized spacial score (nSPS) is 26.4. The fraction of sp³-hybridized carbons (Fsp3) is 0.588. The maximum atomic E-state index is 6.21. The first-order valence-electron chi connectivity index (χ1n) is 7.82. The molecule has 0 bridgehead atoms. The molecule has 1 fully saturated rings. The summed E-state index contributed by atoms with van der Waals surface area (Å²) in [6, 6.07) is 6.50. The summed E-state index contributed by atoms with van der Waals surface area (Å²) in [5, 5.41) is 0.776. The minimum Gasteiger partial charge on any atom is -0.325 e. The largest absolute Gasteiger partial charge is 0.325 e. The van der Waals surface area contributed by atoms with E-state index in [0.29, 0.717) is 17.8 Å². The van der Waals surface area contributed by atoms with E-state index in [9.17, 15) is 0 Å². The first-order valence-corrected chi connectivity index (χ1v) is 8.73. The quantitative estimate of drug-likeness (QED) is 0.684. The lowest BCUT2D eigenvalue weighted by atomic mass is 9.79. The molecule has 0 saturated heterocycles. The number of fused-ring (bicyclic) bond motifs is 1. The molecule has 1 aromatic heterocycles. The Bertz CT molecular complexity index is 635. The molecule has 0 radical (unpaired) electrons. The highest BCUT2D eigenvalue weighted by molar-refractivity contribution is 6.31. The van der Waals surface area contributed by atoms with Crippen molar-refractivity contribution < 1.29 is 0 Å². The van der Waals surface area contributed by atoms with Crippen molar-refractivity contribution >= 4 is 34.2 Å². The number of aromatic nitrogens is 2. The average Bonchev–Trinajstić information content (AvgIpc) is 2.77. The Morgan fingerprint density at radius 3 is 2.81 bits per heavy atom. The van der Waals surface area contributed by atoms with E-state index >= 15 is 0 Å². The van der Waals surface area contributed by atoms with Gasteiger partial charge in [0.15, 0.2) is 0 Å². The summed E-state index contributed by atoms with van der Waals surface area (Å²) in [5.74, 6) is 3.20. The standard InChI is InChI=1S/C17H22Cl2N2/c1-11-3-6-15(12(2)9-11)21-16-10-13(19)4-5-14(16)20-17(21)7-8-18/h4-5,10-12,15H,3,6-9H2,1-2H3. The van der Waals surface area contributed by atoms with Gasteiger partial charge in [0.05, 0.1) is 11.0 Å². The van der Waals surface area contributed by atoms with E-state index in [0.717, 1.165) is 34.2 Å². The van der Waals surface area contributed by atoms with Crippen molar-refractivity contribution in [1.82, 2.24) is 9.55 Å². The van der Waals surface area contributed by atoms with Crippen LogP contribution in [0.25, 0.3) is 11.0 Å². The van der Waals surface area contributed by atoms with Gasteiger partial charge in [-0.05, 0) is 49.3 Å². The lowest BCUT2D eigenvalue weighted by molar-refractivity contribution is 0.208. The third kappa shape index (κ3) is 2.93. The van der Waals surface area contributed by atoms with Crippen molar-refractivity contribution in [2.24, 2.45) is 11.8 Å². The Hall–Kier alpha value is -0.730. The number of nitrogens with zero attached hydrogens (tertiary/aromatic N) is 2. The number of rotatable bonds is 3. The second-order valence-corrected chi connectivity index (χ2v) is 7.25. The van der Waals surface area contributed by atoms with Crippen LogP contribution in [0.3, 0.4) is 0 Å². The summed E-state index contributed by atoms with van der Waals surface area (Å²) in [6.07, 6.45) is 4.60. The van der Waals surface area contributed by atoms with Crippen LogP contribution in [-0.2, 0) is 6.42 Å². The lowest BCUT2D eigenvalue weighted by Gasteiger charge is -2.34. The summed E-state index contributed by atoms with van der Waals surface area (Å²) >= 11 is 12.2. The van der Waals surface area contributed by atoms with Gasteiger partial charge >= 0.3 is 0 Å². The molecule has 4 heteroatoms. The van der Waals surface area contributed by atoms with Crippen LogP contribution in [0.2, 0.25) is 5.02 Å². The van der Waals surface area contributed by atoms with E-state index in [2.05, 4.69) is 18.4 Å². The van der Waals surface area contributed by atoms with Crippen LogP contribution in [0, 0.1) is 11.8 Å². The molecule has 1 aromatic carbocycles. The van der Waals surface area contributed by atoms with Gasteiger partial charge in [0, 0.05) is 23.4 Å². The van der Waals surface area contributed by atoms with Crippen molar-refractivity contribution in [2.45, 2.75) is 45.6 Å². The predicted octanol–water partition coefficient (Wildman–Crippen LogP) is 5.47. The number of aryl methyl sites for hydroxylation is 1. The fourth-order valence-corrected chi connectivity index (χ4v) is 4.12. The summed E-state index contributed by atoms with van der Waals surface area (Å²) in [4.78, 5) is 4.79. The summed E-state index contributed by atoms with van der Waals surface area (Å²) < 4.78 is 2.42. The van der Waals surface area contributed by atoms with Crippen molar-refractivity contribution in [2.75, 3.05) is 5.88 Å². The van der Waals surface area contributed by atoms with Crippen LogP contribution in [0.1, 0.15) is 45.0 Å². The first kappa shape index (κ1) is 15.2. The van der Waals surface area contributed by atoms with Gasteiger partial charge in [-0.25, -0.2) is 4.98 Å². The van der Waals surface area contributed by atoms with Gasteiger partial charge in [0.1, 0.15) is 5.82 Å². The monoisotopic (exact) mass is 324 g/mol. The number of alkyl halides is 1. The molecule has 3 unspecified atom stereocenters. The zero-order chi connectivity index (χ0) is 15.0. The van der Waals surface area contributed by atoms with Crippen LogP contribution in [0.15, 0.2) is 18.2 Å². The Morgan fingerprint density at radius 2 is 2.10 bits per heavy atom. The number of halogens is 2. The molecular weight excluding hydrogens is 303 g/mol. The number of imidazole rings is 1. The van der Waals surface area contributed by atoms with Crippen molar-refractivity contribution in [3.8, 4) is 0 Å². The second kappa shape index (κ2) is 6.18. The highest BCUT2D eigenvalue weighted by Gasteiger charge is 2.29. The Balaban J connectivity index is 2.10. The van der Waals surface area contributed by atoms with Crippen molar-refractivity contribution in [3.63, 3.8) is 0 Å². The van der Waals surface area contributed by atoms with Crippen LogP contribution in [-0.4, -0.2) is 15.4 Å². The smallest absolute Gasteiger partial charge is 0.111 e. The molecule has 0 amide bonds. The highest BCUT2D eigenvalue weighted by Crippen LogP contribution is 2.39. The SMILES string of the molecule is CC1CCC(n2c(CCCl)nc3ccc(Cl)cc32)C(C)C1. The molecule has 1 heterocycles. The maximum absolute atomic E-state index is 6.21. The first-order chi connectivity index (χ1) is 10.1. The van der Waals surface area contributed by atoms with Crippen LogP contribution in [0.5, 0.6) is 0 Å². The minimum absolute atomic E-state index is 0.517. The molecule has 1 saturated carbocycles. The molecule has 21 heavy (non-hydrogen) atoms. The Kier molecular flexibility index (Phi) is 4.46. The van der Waals surface area contributed by atoms with E-state index in [-0.39, 0.29) is 0 Å². The van der Waals surface area contributed by atoms with E-state index in [4.69, 9.17) is 28.2 Å². The van der Waals surface area contributed by atoms with Gasteiger partial charge in [0.25, 0.3) is 0 Å². The van der Waals surface area contributed by atoms with Gasteiger partial charge in [-0.1, -0.05) is 25.4 Å². The zero-order valence-corrected chi connectivity index (χ0v) is 14.2. The summed E-state index contributed by atoms with van der Waals surface area (Å²) in [7, 11) is 0. The van der Waals surface area contributed by atoms with E-state index in [1.165, 1.54) is 19.3 Å². The number of benzene rings is 1. The molecule has 0 N–H and O–H groups in total. The molecule has 3 rings (SSSR count). The van der Waals surface area contributed by atoms with E-state index in [1.807, 2.05) is 18.2 Å². The van der Waals surface area contributed by atoms with Crippen molar-refractivity contribution in [1.29, 1.82) is 0 Å². The van der Waals surface area contributed by atoms with Gasteiger partial charge in [-0.3, -0.25) is 0 Å². The molecule has 3 atom stereocenters. The molecule has 2 aromatic rings. The number of hydrogen-bond acceptors (Lipinski definition) is 1. The van der Waals surface area contributed by atoms with Crippen LogP contribution in [0.4, 0.5) is 0 Å². The Morgan fingerprint density at radius 1 is 1.29 bits per heavy atom. The zero-order valence-electron chi connectivity index (χ0n) is 12.6. The Labute approximate surface area is 136 Å². The van der Waals surface area contributed by atoms with Crippen LogP contribution >= 0.6 is 23.2 Å². The summed E-state index contributed by atoms with van der Waals surface area (Å²) in [5.41, 5.74) is 2.19. The highest BCUT2D eigenvalue weighted by atomic mass is 35.5. The van der Waals surface area contributed by atoms with Gasteiger partial charge in [-0.2, -0.15) is 0 Å². The minimum atomic E-state index is 0.517. The van der Waals surface area contributed by atoms with Gasteiger partial charge in [0.2, 0.25) is 0 Å². The molecule has 2 nitrogen and oxygen atoms in total. The number of hydrogen-bond donors (Lipinski definition) is 0. The second-order valence-electron chi connectivity index (χ2n) is 6.43. The van der Waals surface area contributed by atoms with Crippen molar-refractivity contribution in [3.05, 3.63) is 29.0 Å². The van der Waals surface area contributed by atoms with E-state index in [1.54, 1.807) is 0 Å². The van der Waals surface area contributed by atoms with Gasteiger partial charge in [-0.15, -0.1) is 11.6 Å². The topological polar surface area (TPSA) is 17.8 Å². The predicted molar refractivity (Wildman–Crippen MR) is 90.4 cm³/mol. The molecule has 0 aliphatic heterocycles. The molecule has 0 spiro atoms. The fourth-order valence-electron chi connectivity index (χ4n) is 3.78. The average molecular weight is 325 g/mol. The molecular formula is C17H22Cl2N2. The van der Waals surface area contributed by atoms with E-state index < -0.39 is 0 Å². The maximum Gasteiger partial charge on any atom is 0.111 e. The molecule has 1 aliphatic carbocycles. The van der Waals surface area contributed by atoms with Crippen LogP contribution < -0.4 is 0 Å². The third-order valence-electron chi connectivity index (χ3n) is 4.76. The molecule has 1 aliphatic rings. The molecule has 114 valence electrons. The van der Waals surface area contributed by atoms with Gasteiger partial charge < -0.3 is 4.57 Å².